The van der Waals surface area contributed by atoms with Crippen molar-refractivity contribution in [3.05, 3.63) is 57.3 Å². The summed E-state index contributed by atoms with van der Waals surface area (Å²) in [4.78, 5) is 40.9. The molecule has 8 nitrogen and oxygen atoms in total. The first kappa shape index (κ1) is 19.5. The molecule has 0 fully saturated rings. The van der Waals surface area contributed by atoms with Gasteiger partial charge in [-0.3, -0.25) is 23.6 Å². The maximum atomic E-state index is 12.4. The fourth-order valence-corrected chi connectivity index (χ4v) is 2.99. The Bertz CT molecular complexity index is 1130. The Labute approximate surface area is 161 Å². The third-order valence-corrected chi connectivity index (χ3v) is 4.78. The fraction of sp³-hybridized carbons (Fsp3) is 0.350. The van der Waals surface area contributed by atoms with E-state index in [4.69, 9.17) is 4.74 Å². The molecule has 0 unspecified atom stereocenters. The van der Waals surface area contributed by atoms with Crippen molar-refractivity contribution in [3.8, 4) is 0 Å². The van der Waals surface area contributed by atoms with Gasteiger partial charge in [0.15, 0.2) is 12.3 Å². The summed E-state index contributed by atoms with van der Waals surface area (Å²) in [5.41, 5.74) is 3.74. The summed E-state index contributed by atoms with van der Waals surface area (Å²) in [6, 6.07) is 3.76. The van der Waals surface area contributed by atoms with Crippen LogP contribution in [0.4, 0.5) is 0 Å². The zero-order valence-corrected chi connectivity index (χ0v) is 16.4. The highest BCUT2D eigenvalue weighted by Crippen LogP contribution is 2.16. The molecular formula is C20H22N4O4. The Hall–Kier alpha value is -3.29. The smallest absolute Gasteiger partial charge is 0.308 e. The highest BCUT2D eigenvalue weighted by atomic mass is 16.5. The molecule has 3 aromatic rings. The Balaban J connectivity index is 1.59. The summed E-state index contributed by atoms with van der Waals surface area (Å²) in [6.07, 6.45) is 2.79. The number of fused-ring (bicyclic) bond motifs is 1. The first-order valence-corrected chi connectivity index (χ1v) is 8.91. The second-order valence-corrected chi connectivity index (χ2v) is 6.83. The zero-order chi connectivity index (χ0) is 20.4. The number of ketones is 1. The number of hydrogen-bond acceptors (Lipinski definition) is 6. The monoisotopic (exact) mass is 382 g/mol. The number of aryl methyl sites for hydroxylation is 5. The van der Waals surface area contributed by atoms with E-state index >= 15 is 0 Å². The molecule has 0 saturated carbocycles. The Morgan fingerprint density at radius 1 is 1.11 bits per heavy atom. The van der Waals surface area contributed by atoms with Crippen LogP contribution in [0.15, 0.2) is 29.5 Å². The molecule has 0 saturated heterocycles. The van der Waals surface area contributed by atoms with E-state index < -0.39 is 5.97 Å². The number of hydrogen-bond donors (Lipinski definition) is 0. The summed E-state index contributed by atoms with van der Waals surface area (Å²) < 4.78 is 7.94. The summed E-state index contributed by atoms with van der Waals surface area (Å²) in [5, 5.41) is 4.39. The second kappa shape index (κ2) is 7.75. The molecule has 0 spiro atoms. The van der Waals surface area contributed by atoms with E-state index in [9.17, 15) is 14.4 Å². The lowest BCUT2D eigenvalue weighted by Gasteiger charge is -2.10. The Morgan fingerprint density at radius 2 is 1.82 bits per heavy atom. The zero-order valence-electron chi connectivity index (χ0n) is 16.4. The van der Waals surface area contributed by atoms with Gasteiger partial charge >= 0.3 is 5.97 Å². The van der Waals surface area contributed by atoms with Gasteiger partial charge < -0.3 is 4.74 Å². The number of carbonyl (C=O) groups is 2. The SMILES string of the molecule is Cc1cc(C)c(C(=O)COC(=O)CCn2cnc3c(cnn3C)c2=O)cc1C. The number of carbonyl (C=O) groups excluding carboxylic acids is 2. The van der Waals surface area contributed by atoms with E-state index in [1.807, 2.05) is 32.9 Å². The van der Waals surface area contributed by atoms with Gasteiger partial charge in [0.05, 0.1) is 18.9 Å². The molecular weight excluding hydrogens is 360 g/mol. The molecule has 28 heavy (non-hydrogen) atoms. The standard InChI is InChI=1S/C20H22N4O4/c1-12-7-14(3)15(8-13(12)2)17(25)10-28-18(26)5-6-24-11-21-19-16(20(24)27)9-22-23(19)4/h7-9,11H,5-6,10H2,1-4H3. The third-order valence-electron chi connectivity index (χ3n) is 4.78. The molecule has 0 aliphatic rings. The van der Waals surface area contributed by atoms with E-state index in [0.29, 0.717) is 16.6 Å². The van der Waals surface area contributed by atoms with Crippen LogP contribution < -0.4 is 5.56 Å². The maximum Gasteiger partial charge on any atom is 0.308 e. The quantitative estimate of drug-likeness (QED) is 0.477. The molecule has 146 valence electrons. The summed E-state index contributed by atoms with van der Waals surface area (Å²) >= 11 is 0. The highest BCUT2D eigenvalue weighted by molar-refractivity contribution is 5.99. The average Bonchev–Trinajstić information content (AvgIpc) is 3.04. The molecule has 0 atom stereocenters. The number of aromatic nitrogens is 4. The van der Waals surface area contributed by atoms with Gasteiger partial charge in [-0.25, -0.2) is 4.98 Å². The molecule has 0 aliphatic heterocycles. The predicted octanol–water partition coefficient (Wildman–Crippen LogP) is 1.87. The van der Waals surface area contributed by atoms with Gasteiger partial charge in [-0.2, -0.15) is 5.10 Å². The Morgan fingerprint density at radius 3 is 2.57 bits per heavy atom. The summed E-state index contributed by atoms with van der Waals surface area (Å²) in [7, 11) is 1.70. The number of benzene rings is 1. The van der Waals surface area contributed by atoms with Crippen molar-refractivity contribution in [2.45, 2.75) is 33.7 Å². The summed E-state index contributed by atoms with van der Waals surface area (Å²) in [6.45, 7) is 5.57. The summed E-state index contributed by atoms with van der Waals surface area (Å²) in [5.74, 6) is -0.794. The number of rotatable bonds is 6. The maximum absolute atomic E-state index is 12.4. The van der Waals surface area contributed by atoms with Crippen LogP contribution in [0.3, 0.4) is 0 Å². The van der Waals surface area contributed by atoms with Crippen LogP contribution in [-0.2, 0) is 23.1 Å². The van der Waals surface area contributed by atoms with E-state index in [2.05, 4.69) is 10.1 Å². The molecule has 3 rings (SSSR count). The molecule has 0 radical (unpaired) electrons. The van der Waals surface area contributed by atoms with E-state index in [1.165, 1.54) is 21.8 Å². The largest absolute Gasteiger partial charge is 0.457 e. The molecule has 2 heterocycles. The normalized spacial score (nSPS) is 11.0. The van der Waals surface area contributed by atoms with Crippen LogP contribution >= 0.6 is 0 Å². The van der Waals surface area contributed by atoms with Crippen LogP contribution in [0, 0.1) is 20.8 Å². The molecule has 0 N–H and O–H groups in total. The lowest BCUT2D eigenvalue weighted by molar-refractivity contribution is -0.142. The molecule has 0 aliphatic carbocycles. The highest BCUT2D eigenvalue weighted by Gasteiger charge is 2.14. The number of ether oxygens (including phenoxy) is 1. The number of nitrogens with zero attached hydrogens (tertiary/aromatic N) is 4. The van der Waals surface area contributed by atoms with E-state index in [1.54, 1.807) is 7.05 Å². The van der Waals surface area contributed by atoms with E-state index in [0.717, 1.165) is 16.7 Å². The van der Waals surface area contributed by atoms with Gasteiger partial charge in [0.1, 0.15) is 5.39 Å². The van der Waals surface area contributed by atoms with Crippen molar-refractivity contribution in [2.75, 3.05) is 6.61 Å². The van der Waals surface area contributed by atoms with Gasteiger partial charge in [0, 0.05) is 19.2 Å². The van der Waals surface area contributed by atoms with Gasteiger partial charge in [-0.05, 0) is 43.5 Å². The van der Waals surface area contributed by atoms with Crippen LogP contribution in [0.25, 0.3) is 11.0 Å². The number of esters is 1. The van der Waals surface area contributed by atoms with Crippen LogP contribution in [0.2, 0.25) is 0 Å². The molecule has 8 heteroatoms. The second-order valence-electron chi connectivity index (χ2n) is 6.83. The van der Waals surface area contributed by atoms with Crippen molar-refractivity contribution in [1.82, 2.24) is 19.3 Å². The molecule has 1 aromatic carbocycles. The number of Topliss-reactive ketones (excluding diaryl/α,β-unsaturated/α-hetero) is 1. The Kier molecular flexibility index (Phi) is 5.39. The molecule has 0 bridgehead atoms. The molecule has 0 amide bonds. The minimum absolute atomic E-state index is 0.0352. The van der Waals surface area contributed by atoms with Gasteiger partial charge in [-0.1, -0.05) is 6.07 Å². The average molecular weight is 382 g/mol. The van der Waals surface area contributed by atoms with E-state index in [-0.39, 0.29) is 30.9 Å². The topological polar surface area (TPSA) is 96.1 Å². The van der Waals surface area contributed by atoms with Crippen molar-refractivity contribution >= 4 is 22.8 Å². The van der Waals surface area contributed by atoms with Crippen molar-refractivity contribution in [2.24, 2.45) is 7.05 Å². The van der Waals surface area contributed by atoms with Gasteiger partial charge in [0.25, 0.3) is 5.56 Å². The molecule has 2 aromatic heterocycles. The third kappa shape index (κ3) is 3.85. The lowest BCUT2D eigenvalue weighted by atomic mass is 9.98. The first-order chi connectivity index (χ1) is 13.3. The van der Waals surface area contributed by atoms with Crippen molar-refractivity contribution < 1.29 is 14.3 Å². The lowest BCUT2D eigenvalue weighted by Crippen LogP contribution is -2.23. The van der Waals surface area contributed by atoms with Crippen LogP contribution in [0.5, 0.6) is 0 Å². The van der Waals surface area contributed by atoms with Crippen LogP contribution in [0.1, 0.15) is 33.5 Å². The predicted molar refractivity (Wildman–Crippen MR) is 103 cm³/mol. The minimum atomic E-state index is -0.548. The first-order valence-electron chi connectivity index (χ1n) is 8.91. The van der Waals surface area contributed by atoms with Crippen LogP contribution in [-0.4, -0.2) is 37.7 Å². The minimum Gasteiger partial charge on any atom is -0.457 e. The fourth-order valence-electron chi connectivity index (χ4n) is 2.99. The van der Waals surface area contributed by atoms with Crippen molar-refractivity contribution in [1.29, 1.82) is 0 Å². The van der Waals surface area contributed by atoms with Crippen molar-refractivity contribution in [3.63, 3.8) is 0 Å². The van der Waals surface area contributed by atoms with Gasteiger partial charge in [0.2, 0.25) is 5.78 Å². The van der Waals surface area contributed by atoms with Gasteiger partial charge in [-0.15, -0.1) is 0 Å².